The van der Waals surface area contributed by atoms with Crippen molar-refractivity contribution in [3.05, 3.63) is 41.5 Å². The molecule has 1 saturated carbocycles. The average Bonchev–Trinajstić information content (AvgIpc) is 2.95. The summed E-state index contributed by atoms with van der Waals surface area (Å²) in [6.45, 7) is 9.14. The highest BCUT2D eigenvalue weighted by Crippen LogP contribution is 2.59. The maximum atomic E-state index is 12.0. The first kappa shape index (κ1) is 15.6. The largest absolute Gasteiger partial charge is 0.497 e. The summed E-state index contributed by atoms with van der Waals surface area (Å²) in [5.41, 5.74) is 2.10. The molecule has 1 fully saturated rings. The van der Waals surface area contributed by atoms with Gasteiger partial charge in [0.25, 0.3) is 0 Å². The summed E-state index contributed by atoms with van der Waals surface area (Å²) in [4.78, 5) is 12.0. The number of methoxy groups -OCH3 is 1. The minimum Gasteiger partial charge on any atom is -0.497 e. The zero-order valence-corrected chi connectivity index (χ0v) is 13.5. The van der Waals surface area contributed by atoms with Crippen molar-refractivity contribution in [1.29, 1.82) is 0 Å². The van der Waals surface area contributed by atoms with Gasteiger partial charge in [0.05, 0.1) is 19.3 Å². The van der Waals surface area contributed by atoms with Crippen LogP contribution in [0.3, 0.4) is 0 Å². The van der Waals surface area contributed by atoms with E-state index in [0.717, 1.165) is 5.75 Å². The van der Waals surface area contributed by atoms with Crippen LogP contribution < -0.4 is 4.74 Å². The maximum absolute atomic E-state index is 12.0. The highest BCUT2D eigenvalue weighted by molar-refractivity contribution is 5.89. The minimum absolute atomic E-state index is 0.220. The van der Waals surface area contributed by atoms with Gasteiger partial charge in [0.2, 0.25) is 0 Å². The van der Waals surface area contributed by atoms with Crippen LogP contribution in [0.4, 0.5) is 0 Å². The molecule has 0 aliphatic heterocycles. The van der Waals surface area contributed by atoms with Crippen molar-refractivity contribution in [2.45, 2.75) is 27.7 Å². The molecule has 1 aromatic carbocycles. The van der Waals surface area contributed by atoms with Gasteiger partial charge < -0.3 is 9.47 Å². The fraction of sp³-hybridized carbons (Fsp3) is 0.500. The van der Waals surface area contributed by atoms with Crippen molar-refractivity contribution >= 4 is 5.97 Å². The van der Waals surface area contributed by atoms with Crippen molar-refractivity contribution in [3.63, 3.8) is 0 Å². The van der Waals surface area contributed by atoms with Gasteiger partial charge in [-0.3, -0.25) is 0 Å². The molecular weight excluding hydrogens is 264 g/mol. The second kappa shape index (κ2) is 5.92. The van der Waals surface area contributed by atoms with Crippen LogP contribution in [0, 0.1) is 17.3 Å². The molecular formula is C18H24O3. The van der Waals surface area contributed by atoms with Gasteiger partial charge >= 0.3 is 5.97 Å². The number of carbonyl (C=O) groups excluding carboxylic acids is 1. The summed E-state index contributed by atoms with van der Waals surface area (Å²) < 4.78 is 10.5. The fourth-order valence-electron chi connectivity index (χ4n) is 2.77. The van der Waals surface area contributed by atoms with Crippen LogP contribution in [0.2, 0.25) is 0 Å². The molecule has 0 radical (unpaired) electrons. The lowest BCUT2D eigenvalue weighted by atomic mass is 10.1. The standard InChI is InChI=1S/C18H24O3/c1-12(2)10-15-16(18(15,3)4)11-21-17(19)13-6-8-14(20-5)9-7-13/h6-10,15-16H,11H2,1-5H3/t15-,16-/m1/s1. The van der Waals surface area contributed by atoms with Gasteiger partial charge in [0.1, 0.15) is 5.75 Å². The second-order valence-electron chi connectivity index (χ2n) is 6.52. The van der Waals surface area contributed by atoms with Crippen LogP contribution >= 0.6 is 0 Å². The Hall–Kier alpha value is -1.77. The zero-order chi connectivity index (χ0) is 15.6. The van der Waals surface area contributed by atoms with Gasteiger partial charge in [-0.25, -0.2) is 4.79 Å². The Morgan fingerprint density at radius 2 is 1.86 bits per heavy atom. The Labute approximate surface area is 127 Å². The van der Waals surface area contributed by atoms with E-state index in [1.807, 2.05) is 0 Å². The van der Waals surface area contributed by atoms with Crippen molar-refractivity contribution in [3.8, 4) is 5.75 Å². The van der Waals surface area contributed by atoms with E-state index < -0.39 is 0 Å². The van der Waals surface area contributed by atoms with Gasteiger partial charge in [-0.05, 0) is 49.4 Å². The number of esters is 1. The second-order valence-corrected chi connectivity index (χ2v) is 6.52. The lowest BCUT2D eigenvalue weighted by molar-refractivity contribution is 0.0471. The number of carbonyl (C=O) groups is 1. The fourth-order valence-corrected chi connectivity index (χ4v) is 2.77. The van der Waals surface area contributed by atoms with Gasteiger partial charge in [-0.15, -0.1) is 0 Å². The first-order valence-corrected chi connectivity index (χ1v) is 7.32. The third kappa shape index (κ3) is 3.46. The molecule has 0 heterocycles. The normalized spacial score (nSPS) is 22.3. The molecule has 1 aliphatic rings. The van der Waals surface area contributed by atoms with E-state index in [9.17, 15) is 4.79 Å². The minimum atomic E-state index is -0.267. The van der Waals surface area contributed by atoms with E-state index in [1.165, 1.54) is 5.57 Å². The van der Waals surface area contributed by atoms with Crippen LogP contribution in [0.25, 0.3) is 0 Å². The molecule has 3 nitrogen and oxygen atoms in total. The number of hydrogen-bond acceptors (Lipinski definition) is 3. The van der Waals surface area contributed by atoms with Crippen LogP contribution in [0.1, 0.15) is 38.1 Å². The Morgan fingerprint density at radius 3 is 2.38 bits per heavy atom. The Bertz CT molecular complexity index is 536. The summed E-state index contributed by atoms with van der Waals surface area (Å²) in [5.74, 6) is 1.38. The quantitative estimate of drug-likeness (QED) is 0.604. The Morgan fingerprint density at radius 1 is 1.24 bits per heavy atom. The molecule has 0 N–H and O–H groups in total. The molecule has 114 valence electrons. The SMILES string of the molecule is COc1ccc(C(=O)OC[C@@H]2[C@@H](C=C(C)C)C2(C)C)cc1. The summed E-state index contributed by atoms with van der Waals surface area (Å²) in [7, 11) is 1.60. The highest BCUT2D eigenvalue weighted by atomic mass is 16.5. The molecule has 0 aromatic heterocycles. The van der Waals surface area contributed by atoms with E-state index in [-0.39, 0.29) is 11.4 Å². The lowest BCUT2D eigenvalue weighted by Gasteiger charge is -2.06. The highest BCUT2D eigenvalue weighted by Gasteiger charge is 2.56. The predicted molar refractivity (Wildman–Crippen MR) is 83.5 cm³/mol. The summed E-state index contributed by atoms with van der Waals surface area (Å²) in [5, 5.41) is 0. The number of benzene rings is 1. The molecule has 0 amide bonds. The molecule has 0 spiro atoms. The molecule has 1 aliphatic carbocycles. The van der Waals surface area contributed by atoms with Gasteiger partial charge in [0, 0.05) is 5.92 Å². The van der Waals surface area contributed by atoms with Crippen molar-refractivity contribution < 1.29 is 14.3 Å². The molecule has 3 heteroatoms. The number of ether oxygens (including phenoxy) is 2. The molecule has 0 bridgehead atoms. The summed E-state index contributed by atoms with van der Waals surface area (Å²) >= 11 is 0. The molecule has 2 atom stereocenters. The molecule has 0 unspecified atom stereocenters. The summed E-state index contributed by atoms with van der Waals surface area (Å²) in [6.07, 6.45) is 2.28. The van der Waals surface area contributed by atoms with Crippen molar-refractivity contribution in [2.75, 3.05) is 13.7 Å². The number of allylic oxidation sites excluding steroid dienone is 2. The van der Waals surface area contributed by atoms with Crippen LogP contribution in [-0.4, -0.2) is 19.7 Å². The third-order valence-electron chi connectivity index (χ3n) is 4.37. The van der Waals surface area contributed by atoms with E-state index in [4.69, 9.17) is 9.47 Å². The van der Waals surface area contributed by atoms with Crippen molar-refractivity contribution in [1.82, 2.24) is 0 Å². The van der Waals surface area contributed by atoms with Gasteiger partial charge in [-0.1, -0.05) is 25.5 Å². The van der Waals surface area contributed by atoms with Crippen LogP contribution in [-0.2, 0) is 4.74 Å². The molecule has 2 rings (SSSR count). The van der Waals surface area contributed by atoms with E-state index in [0.29, 0.717) is 24.0 Å². The third-order valence-corrected chi connectivity index (χ3v) is 4.37. The number of rotatable bonds is 5. The first-order chi connectivity index (χ1) is 9.86. The zero-order valence-electron chi connectivity index (χ0n) is 13.5. The van der Waals surface area contributed by atoms with Gasteiger partial charge in [0.15, 0.2) is 0 Å². The predicted octanol–water partition coefficient (Wildman–Crippen LogP) is 4.09. The van der Waals surface area contributed by atoms with Gasteiger partial charge in [-0.2, -0.15) is 0 Å². The topological polar surface area (TPSA) is 35.5 Å². The first-order valence-electron chi connectivity index (χ1n) is 7.32. The van der Waals surface area contributed by atoms with E-state index >= 15 is 0 Å². The maximum Gasteiger partial charge on any atom is 0.338 e. The monoisotopic (exact) mass is 288 g/mol. The van der Waals surface area contributed by atoms with Crippen molar-refractivity contribution in [2.24, 2.45) is 17.3 Å². The van der Waals surface area contributed by atoms with Crippen LogP contribution in [0.15, 0.2) is 35.9 Å². The smallest absolute Gasteiger partial charge is 0.338 e. The van der Waals surface area contributed by atoms with E-state index in [1.54, 1.807) is 31.4 Å². The Kier molecular flexibility index (Phi) is 4.40. The summed E-state index contributed by atoms with van der Waals surface area (Å²) in [6, 6.07) is 6.99. The van der Waals surface area contributed by atoms with E-state index in [2.05, 4.69) is 33.8 Å². The lowest BCUT2D eigenvalue weighted by Crippen LogP contribution is -2.09. The molecule has 0 saturated heterocycles. The molecule has 1 aromatic rings. The number of hydrogen-bond donors (Lipinski definition) is 0. The molecule has 21 heavy (non-hydrogen) atoms. The van der Waals surface area contributed by atoms with Crippen LogP contribution in [0.5, 0.6) is 5.75 Å². The average molecular weight is 288 g/mol. The Balaban J connectivity index is 1.91.